The molecule has 0 unspecified atom stereocenters. The summed E-state index contributed by atoms with van der Waals surface area (Å²) in [5.41, 5.74) is 0.656. The summed E-state index contributed by atoms with van der Waals surface area (Å²) in [4.78, 5) is 13.1. The molecule has 0 aliphatic carbocycles. The van der Waals surface area contributed by atoms with E-state index in [1.54, 1.807) is 6.07 Å². The average molecular weight is 271 g/mol. The van der Waals surface area contributed by atoms with Crippen LogP contribution in [0.15, 0.2) is 16.7 Å². The second kappa shape index (κ2) is 7.93. The Kier molecular flexibility index (Phi) is 6.55. The molecule has 19 heavy (non-hydrogen) atoms. The Balaban J connectivity index is 2.57. The van der Waals surface area contributed by atoms with Crippen LogP contribution in [0.5, 0.6) is 0 Å². The fourth-order valence-corrected chi connectivity index (χ4v) is 1.73. The van der Waals surface area contributed by atoms with Gasteiger partial charge in [-0.05, 0) is 19.9 Å². The van der Waals surface area contributed by atoms with E-state index >= 15 is 0 Å². The summed E-state index contributed by atoms with van der Waals surface area (Å²) in [5, 5.41) is 17.6. The molecule has 0 saturated carbocycles. The van der Waals surface area contributed by atoms with E-state index in [-0.39, 0.29) is 18.4 Å². The lowest BCUT2D eigenvalue weighted by Gasteiger charge is -2.25. The van der Waals surface area contributed by atoms with Crippen LogP contribution in [0.1, 0.15) is 30.0 Å². The highest BCUT2D eigenvalue weighted by molar-refractivity contribution is 5.86. The molecule has 0 radical (unpaired) electrons. The molecule has 2 N–H and O–H groups in total. The maximum atomic E-state index is 11.0. The van der Waals surface area contributed by atoms with Crippen molar-refractivity contribution in [2.45, 2.75) is 26.4 Å². The van der Waals surface area contributed by atoms with Crippen LogP contribution < -0.4 is 0 Å². The van der Waals surface area contributed by atoms with Gasteiger partial charge in [0.1, 0.15) is 0 Å². The third kappa shape index (κ3) is 5.02. The summed E-state index contributed by atoms with van der Waals surface area (Å²) >= 11 is 0. The zero-order valence-electron chi connectivity index (χ0n) is 11.3. The van der Waals surface area contributed by atoms with E-state index in [9.17, 15) is 4.79 Å². The third-order valence-electron chi connectivity index (χ3n) is 2.80. The molecule has 1 rings (SSSR count). The second-order valence-electron chi connectivity index (χ2n) is 4.48. The summed E-state index contributed by atoms with van der Waals surface area (Å²) in [6, 6.07) is 1.93. The van der Waals surface area contributed by atoms with Gasteiger partial charge in [0.25, 0.3) is 0 Å². The van der Waals surface area contributed by atoms with Crippen LogP contribution in [-0.4, -0.2) is 53.5 Å². The first-order valence-electron chi connectivity index (χ1n) is 6.28. The molecular formula is C13H21NO5. The van der Waals surface area contributed by atoms with Crippen molar-refractivity contribution in [3.63, 3.8) is 0 Å². The zero-order chi connectivity index (χ0) is 14.3. The largest absolute Gasteiger partial charge is 0.475 e. The average Bonchev–Trinajstić information content (AvgIpc) is 2.81. The summed E-state index contributed by atoms with van der Waals surface area (Å²) in [6.45, 7) is 6.06. The number of hydrogen-bond donors (Lipinski definition) is 2. The molecule has 6 nitrogen and oxygen atoms in total. The SMILES string of the molecule is CC(C)N(CCOCCO)Cc1ccoc1C(=O)O. The van der Waals surface area contributed by atoms with Crippen LogP contribution in [-0.2, 0) is 11.3 Å². The summed E-state index contributed by atoms with van der Waals surface area (Å²) in [5.74, 6) is -1.07. The molecule has 1 aromatic heterocycles. The lowest BCUT2D eigenvalue weighted by molar-refractivity contribution is 0.0622. The van der Waals surface area contributed by atoms with Crippen molar-refractivity contribution in [3.8, 4) is 0 Å². The molecule has 0 aromatic carbocycles. The number of carboxylic acids is 1. The zero-order valence-corrected chi connectivity index (χ0v) is 11.3. The fourth-order valence-electron chi connectivity index (χ4n) is 1.73. The van der Waals surface area contributed by atoms with E-state index in [4.69, 9.17) is 19.4 Å². The number of rotatable bonds is 9. The number of ether oxygens (including phenoxy) is 1. The first-order valence-corrected chi connectivity index (χ1v) is 6.28. The molecule has 108 valence electrons. The highest BCUT2D eigenvalue weighted by atomic mass is 16.5. The van der Waals surface area contributed by atoms with Crippen molar-refractivity contribution in [1.29, 1.82) is 0 Å². The Bertz CT molecular complexity index is 388. The van der Waals surface area contributed by atoms with Gasteiger partial charge in [0.05, 0.1) is 26.1 Å². The van der Waals surface area contributed by atoms with Crippen LogP contribution in [0.3, 0.4) is 0 Å². The van der Waals surface area contributed by atoms with Crippen molar-refractivity contribution in [2.75, 3.05) is 26.4 Å². The second-order valence-corrected chi connectivity index (χ2v) is 4.48. The predicted octanol–water partition coefficient (Wildman–Crippen LogP) is 1.20. The summed E-state index contributed by atoms with van der Waals surface area (Å²) in [7, 11) is 0. The maximum Gasteiger partial charge on any atom is 0.372 e. The lowest BCUT2D eigenvalue weighted by atomic mass is 10.2. The van der Waals surface area contributed by atoms with Crippen molar-refractivity contribution in [3.05, 3.63) is 23.7 Å². The molecular weight excluding hydrogens is 250 g/mol. The number of aliphatic hydroxyl groups is 1. The Labute approximate surface area is 112 Å². The highest BCUT2D eigenvalue weighted by Crippen LogP contribution is 2.15. The van der Waals surface area contributed by atoms with Gasteiger partial charge in [-0.15, -0.1) is 0 Å². The minimum atomic E-state index is -1.06. The number of furan rings is 1. The van der Waals surface area contributed by atoms with Gasteiger partial charge >= 0.3 is 5.97 Å². The van der Waals surface area contributed by atoms with Crippen molar-refractivity contribution in [1.82, 2.24) is 4.90 Å². The Hall–Kier alpha value is -1.37. The van der Waals surface area contributed by atoms with Crippen LogP contribution in [0.4, 0.5) is 0 Å². The Morgan fingerprint density at radius 1 is 1.47 bits per heavy atom. The van der Waals surface area contributed by atoms with E-state index in [0.717, 1.165) is 0 Å². The van der Waals surface area contributed by atoms with E-state index in [2.05, 4.69) is 4.90 Å². The number of aliphatic hydroxyl groups excluding tert-OH is 1. The van der Waals surface area contributed by atoms with Gasteiger partial charge in [0, 0.05) is 24.7 Å². The topological polar surface area (TPSA) is 83.1 Å². The van der Waals surface area contributed by atoms with Crippen LogP contribution in [0.2, 0.25) is 0 Å². The highest BCUT2D eigenvalue weighted by Gasteiger charge is 2.18. The summed E-state index contributed by atoms with van der Waals surface area (Å²) in [6.07, 6.45) is 1.39. The van der Waals surface area contributed by atoms with E-state index in [0.29, 0.717) is 31.9 Å². The monoisotopic (exact) mass is 271 g/mol. The first-order chi connectivity index (χ1) is 9.06. The molecule has 0 aliphatic rings. The first kappa shape index (κ1) is 15.7. The number of nitrogens with zero attached hydrogens (tertiary/aromatic N) is 1. The molecule has 0 spiro atoms. The predicted molar refractivity (Wildman–Crippen MR) is 69.1 cm³/mol. The smallest absolute Gasteiger partial charge is 0.372 e. The fraction of sp³-hybridized carbons (Fsp3) is 0.615. The van der Waals surface area contributed by atoms with E-state index < -0.39 is 5.97 Å². The molecule has 1 heterocycles. The Morgan fingerprint density at radius 3 is 2.79 bits per heavy atom. The van der Waals surface area contributed by atoms with Gasteiger partial charge in [-0.3, -0.25) is 4.90 Å². The van der Waals surface area contributed by atoms with Gasteiger partial charge in [0.15, 0.2) is 0 Å². The quantitative estimate of drug-likeness (QED) is 0.657. The minimum Gasteiger partial charge on any atom is -0.475 e. The molecule has 6 heteroatoms. The van der Waals surface area contributed by atoms with Crippen LogP contribution in [0, 0.1) is 0 Å². The van der Waals surface area contributed by atoms with Crippen molar-refractivity contribution < 1.29 is 24.2 Å². The van der Waals surface area contributed by atoms with Gasteiger partial charge in [0.2, 0.25) is 5.76 Å². The Morgan fingerprint density at radius 2 is 2.21 bits per heavy atom. The van der Waals surface area contributed by atoms with Gasteiger partial charge < -0.3 is 19.4 Å². The van der Waals surface area contributed by atoms with Gasteiger partial charge in [-0.25, -0.2) is 4.79 Å². The molecule has 0 fully saturated rings. The molecule has 0 saturated heterocycles. The molecule has 0 amide bonds. The van der Waals surface area contributed by atoms with E-state index in [1.165, 1.54) is 6.26 Å². The third-order valence-corrected chi connectivity index (χ3v) is 2.80. The maximum absolute atomic E-state index is 11.0. The number of carboxylic acid groups (broad SMARTS) is 1. The molecule has 0 aliphatic heterocycles. The van der Waals surface area contributed by atoms with Crippen molar-refractivity contribution >= 4 is 5.97 Å². The normalized spacial score (nSPS) is 11.4. The lowest BCUT2D eigenvalue weighted by Crippen LogP contribution is -2.34. The van der Waals surface area contributed by atoms with Crippen LogP contribution >= 0.6 is 0 Å². The molecule has 1 aromatic rings. The number of hydrogen-bond acceptors (Lipinski definition) is 5. The van der Waals surface area contributed by atoms with E-state index in [1.807, 2.05) is 13.8 Å². The number of carbonyl (C=O) groups is 1. The van der Waals surface area contributed by atoms with Gasteiger partial charge in [-0.2, -0.15) is 0 Å². The van der Waals surface area contributed by atoms with Crippen LogP contribution in [0.25, 0.3) is 0 Å². The minimum absolute atomic E-state index is 0.00652. The molecule has 0 bridgehead atoms. The molecule has 0 atom stereocenters. The van der Waals surface area contributed by atoms with Crippen molar-refractivity contribution in [2.24, 2.45) is 0 Å². The van der Waals surface area contributed by atoms with Gasteiger partial charge in [-0.1, -0.05) is 0 Å². The summed E-state index contributed by atoms with van der Waals surface area (Å²) < 4.78 is 10.2. The standard InChI is InChI=1S/C13H21NO5/c1-10(2)14(4-7-18-8-5-15)9-11-3-6-19-12(11)13(16)17/h3,6,10,15H,4-5,7-9H2,1-2H3,(H,16,17). The number of aromatic carboxylic acids is 1.